The van der Waals surface area contributed by atoms with Crippen molar-refractivity contribution >= 4 is 28.5 Å². The van der Waals surface area contributed by atoms with Crippen molar-refractivity contribution in [3.8, 4) is 21.9 Å². The first kappa shape index (κ1) is 23.7. The molecular formula is C27H27FN4O4S. The number of carbonyl (C=O) groups is 2. The second-order valence-electron chi connectivity index (χ2n) is 9.87. The second kappa shape index (κ2) is 9.33. The number of rotatable bonds is 6. The summed E-state index contributed by atoms with van der Waals surface area (Å²) in [6, 6.07) is 11.5. The van der Waals surface area contributed by atoms with Crippen LogP contribution < -0.4 is 19.7 Å². The van der Waals surface area contributed by atoms with Crippen LogP contribution in [0.15, 0.2) is 42.5 Å². The highest BCUT2D eigenvalue weighted by Gasteiger charge is 2.54. The number of aromatic nitrogens is 1. The monoisotopic (exact) mass is 522 g/mol. The Morgan fingerprint density at radius 1 is 1.27 bits per heavy atom. The lowest BCUT2D eigenvalue weighted by atomic mass is 10.1. The molecule has 3 heterocycles. The van der Waals surface area contributed by atoms with E-state index in [0.717, 1.165) is 17.7 Å². The molecule has 6 rings (SSSR count). The predicted molar refractivity (Wildman–Crippen MR) is 138 cm³/mol. The molecule has 10 heteroatoms. The zero-order valence-corrected chi connectivity index (χ0v) is 21.4. The normalized spacial score (nSPS) is 21.2. The van der Waals surface area contributed by atoms with Gasteiger partial charge in [0.2, 0.25) is 0 Å². The van der Waals surface area contributed by atoms with Gasteiger partial charge in [0, 0.05) is 39.2 Å². The second-order valence-corrected chi connectivity index (χ2v) is 10.8. The minimum Gasteiger partial charge on any atom is -0.493 e. The van der Waals surface area contributed by atoms with Crippen molar-refractivity contribution in [1.82, 2.24) is 15.2 Å². The fraction of sp³-hybridized carbons (Fsp3) is 0.370. The Balaban J connectivity index is 1.19. The summed E-state index contributed by atoms with van der Waals surface area (Å²) < 4.78 is 25.1. The van der Waals surface area contributed by atoms with Crippen LogP contribution in [0.3, 0.4) is 0 Å². The highest BCUT2D eigenvalue weighted by molar-refractivity contribution is 7.19. The third-order valence-corrected chi connectivity index (χ3v) is 8.48. The van der Waals surface area contributed by atoms with Gasteiger partial charge in [0.1, 0.15) is 23.0 Å². The van der Waals surface area contributed by atoms with Crippen LogP contribution in [-0.4, -0.2) is 61.7 Å². The molecule has 2 aliphatic heterocycles. The summed E-state index contributed by atoms with van der Waals surface area (Å²) >= 11 is 1.36. The largest absolute Gasteiger partial charge is 0.493 e. The third-order valence-electron chi connectivity index (χ3n) is 7.21. The standard InChI is InChI=1S/C27H27FN4O4S/c1-31(2)26-30-23(24(37-26)15-5-3-6-17(28)11-15)25(33)32-14-16-12-19(16)20(32)13-29-27(34)36-22-8-4-7-21-18(22)9-10-35-21/h3-8,11,16,19-20H,9-10,12-14H2,1-2H3,(H,29,34)/t16-,19-,20+/m0/s1. The number of halogens is 1. The lowest BCUT2D eigenvalue weighted by Gasteiger charge is -2.27. The molecule has 1 N–H and O–H groups in total. The predicted octanol–water partition coefficient (Wildman–Crippen LogP) is 4.20. The van der Waals surface area contributed by atoms with Gasteiger partial charge in [-0.1, -0.05) is 29.5 Å². The number of nitrogens with zero attached hydrogens (tertiary/aromatic N) is 3. The maximum absolute atomic E-state index is 14.0. The molecule has 0 unspecified atom stereocenters. The summed E-state index contributed by atoms with van der Waals surface area (Å²) in [7, 11) is 3.72. The fourth-order valence-electron chi connectivity index (χ4n) is 5.28. The molecule has 1 saturated carbocycles. The van der Waals surface area contributed by atoms with Crippen molar-refractivity contribution in [2.75, 3.05) is 38.7 Å². The third kappa shape index (κ3) is 4.50. The van der Waals surface area contributed by atoms with E-state index in [1.54, 1.807) is 24.3 Å². The van der Waals surface area contributed by atoms with E-state index in [1.165, 1.54) is 23.5 Å². The molecule has 8 nitrogen and oxygen atoms in total. The Morgan fingerprint density at radius 3 is 2.92 bits per heavy atom. The molecule has 3 aliphatic rings. The van der Waals surface area contributed by atoms with E-state index in [0.29, 0.717) is 58.4 Å². The number of fused-ring (bicyclic) bond motifs is 2. The molecule has 3 aromatic rings. The van der Waals surface area contributed by atoms with Crippen molar-refractivity contribution in [2.24, 2.45) is 11.8 Å². The van der Waals surface area contributed by atoms with Crippen molar-refractivity contribution < 1.29 is 23.5 Å². The summed E-state index contributed by atoms with van der Waals surface area (Å²) in [5, 5.41) is 3.53. The van der Waals surface area contributed by atoms with E-state index in [2.05, 4.69) is 10.3 Å². The quantitative estimate of drug-likeness (QED) is 0.523. The number of amides is 2. The molecule has 1 aliphatic carbocycles. The fourth-order valence-corrected chi connectivity index (χ4v) is 6.26. The highest BCUT2D eigenvalue weighted by Crippen LogP contribution is 2.50. The van der Waals surface area contributed by atoms with E-state index in [4.69, 9.17) is 9.47 Å². The van der Waals surface area contributed by atoms with Crippen molar-refractivity contribution in [3.05, 3.63) is 59.5 Å². The summed E-state index contributed by atoms with van der Waals surface area (Å²) in [5.74, 6) is 1.43. The Kier molecular flexibility index (Phi) is 5.98. The molecule has 0 spiro atoms. The van der Waals surface area contributed by atoms with Crippen LogP contribution in [0.2, 0.25) is 0 Å². The highest BCUT2D eigenvalue weighted by atomic mass is 32.1. The summed E-state index contributed by atoms with van der Waals surface area (Å²) in [6.07, 6.45) is 1.18. The van der Waals surface area contributed by atoms with Gasteiger partial charge in [-0.25, -0.2) is 14.2 Å². The molecular weight excluding hydrogens is 495 g/mol. The van der Waals surface area contributed by atoms with Crippen LogP contribution in [0.4, 0.5) is 14.3 Å². The van der Waals surface area contributed by atoms with E-state index in [9.17, 15) is 14.0 Å². The molecule has 0 bridgehead atoms. The first-order valence-electron chi connectivity index (χ1n) is 12.3. The zero-order valence-electron chi connectivity index (χ0n) is 20.6. The summed E-state index contributed by atoms with van der Waals surface area (Å²) in [6.45, 7) is 1.48. The molecule has 1 saturated heterocycles. The molecule has 2 fully saturated rings. The van der Waals surface area contributed by atoms with Gasteiger partial charge in [0.05, 0.1) is 17.5 Å². The maximum Gasteiger partial charge on any atom is 0.412 e. The molecule has 2 amide bonds. The minimum atomic E-state index is -0.555. The molecule has 1 aromatic heterocycles. The number of nitrogens with one attached hydrogen (secondary N) is 1. The molecule has 3 atom stereocenters. The summed E-state index contributed by atoms with van der Waals surface area (Å²) in [5.41, 5.74) is 1.83. The Morgan fingerprint density at radius 2 is 2.11 bits per heavy atom. The molecule has 37 heavy (non-hydrogen) atoms. The number of hydrogen-bond acceptors (Lipinski definition) is 7. The topological polar surface area (TPSA) is 84.0 Å². The molecule has 0 radical (unpaired) electrons. The van der Waals surface area contributed by atoms with Crippen LogP contribution in [0, 0.1) is 17.7 Å². The van der Waals surface area contributed by atoms with Crippen molar-refractivity contribution in [1.29, 1.82) is 0 Å². The SMILES string of the molecule is CN(C)c1nc(C(=O)N2C[C@@H]3C[C@@H]3[C@H]2CNC(=O)Oc2cccc3c2CCO3)c(-c2cccc(F)c2)s1. The average Bonchev–Trinajstić information content (AvgIpc) is 3.24. The number of anilines is 1. The number of thiazole rings is 1. The number of likely N-dealkylation sites (tertiary alicyclic amines) is 1. The van der Waals surface area contributed by atoms with E-state index < -0.39 is 6.09 Å². The number of hydrogen-bond donors (Lipinski definition) is 1. The first-order valence-corrected chi connectivity index (χ1v) is 13.2. The van der Waals surface area contributed by atoms with Gasteiger partial charge in [-0.3, -0.25) is 4.79 Å². The smallest absolute Gasteiger partial charge is 0.412 e. The van der Waals surface area contributed by atoms with Gasteiger partial charge in [-0.15, -0.1) is 0 Å². The molecule has 192 valence electrons. The molecule has 2 aromatic carbocycles. The van der Waals surface area contributed by atoms with Crippen LogP contribution in [0.25, 0.3) is 10.4 Å². The zero-order chi connectivity index (χ0) is 25.7. The number of carbonyl (C=O) groups excluding carboxylic acids is 2. The minimum absolute atomic E-state index is 0.153. The number of piperidine rings is 1. The van der Waals surface area contributed by atoms with Crippen molar-refractivity contribution in [3.63, 3.8) is 0 Å². The number of ether oxygens (including phenoxy) is 2. The van der Waals surface area contributed by atoms with Gasteiger partial charge >= 0.3 is 6.09 Å². The van der Waals surface area contributed by atoms with Crippen molar-refractivity contribution in [2.45, 2.75) is 18.9 Å². The summed E-state index contributed by atoms with van der Waals surface area (Å²) in [4.78, 5) is 35.4. The average molecular weight is 523 g/mol. The van der Waals surface area contributed by atoms with Crippen LogP contribution >= 0.6 is 11.3 Å². The van der Waals surface area contributed by atoms with Crippen LogP contribution in [0.1, 0.15) is 22.5 Å². The Hall–Kier alpha value is -3.66. The lowest BCUT2D eigenvalue weighted by Crippen LogP contribution is -2.46. The van der Waals surface area contributed by atoms with Gasteiger partial charge in [-0.05, 0) is 48.1 Å². The van der Waals surface area contributed by atoms with Gasteiger partial charge < -0.3 is 24.6 Å². The van der Waals surface area contributed by atoms with Gasteiger partial charge in [0.15, 0.2) is 5.13 Å². The van der Waals surface area contributed by atoms with Crippen LogP contribution in [-0.2, 0) is 6.42 Å². The van der Waals surface area contributed by atoms with Gasteiger partial charge in [-0.2, -0.15) is 0 Å². The Bertz CT molecular complexity index is 1380. The maximum atomic E-state index is 14.0. The number of benzene rings is 2. The van der Waals surface area contributed by atoms with E-state index in [-0.39, 0.29) is 24.3 Å². The lowest BCUT2D eigenvalue weighted by molar-refractivity contribution is 0.0700. The van der Waals surface area contributed by atoms with Crippen LogP contribution in [0.5, 0.6) is 11.5 Å². The van der Waals surface area contributed by atoms with E-state index >= 15 is 0 Å². The van der Waals surface area contributed by atoms with Gasteiger partial charge in [0.25, 0.3) is 5.91 Å². The first-order chi connectivity index (χ1) is 17.9. The Labute approximate surface area is 218 Å². The van der Waals surface area contributed by atoms with E-state index in [1.807, 2.05) is 30.0 Å².